The molecule has 3 aromatic rings. The predicted octanol–water partition coefficient (Wildman–Crippen LogP) is 2.72. The van der Waals surface area contributed by atoms with Crippen molar-refractivity contribution in [2.24, 2.45) is 5.90 Å². The number of fused-ring (bicyclic) bond motifs is 1. The molecule has 7 nitrogen and oxygen atoms in total. The van der Waals surface area contributed by atoms with Crippen molar-refractivity contribution < 1.29 is 19.8 Å². The molecule has 7 heteroatoms. The van der Waals surface area contributed by atoms with Crippen molar-refractivity contribution in [1.29, 1.82) is 0 Å². The van der Waals surface area contributed by atoms with Crippen molar-refractivity contribution in [3.8, 4) is 17.2 Å². The molecule has 0 saturated carbocycles. The standard InChI is InChI=1S/C16H18N2O3.C6H7NO/c1-17-18-16(20)10-15(11-5-3-2-4-6-11)21-14-8-7-12(19)9-13(14)16;7-8-6-4-2-1-3-5-6/h2-9,15,17-20H,10H2,1H3;1-5H,7H2. The molecule has 3 aromatic carbocycles. The second-order valence-electron chi connectivity index (χ2n) is 6.57. The van der Waals surface area contributed by atoms with Crippen LogP contribution in [0.1, 0.15) is 23.7 Å². The molecule has 152 valence electrons. The maximum Gasteiger partial charge on any atom is 0.161 e. The number of nitrogens with two attached hydrogens (primary N) is 1. The Morgan fingerprint density at radius 3 is 2.28 bits per heavy atom. The van der Waals surface area contributed by atoms with Crippen molar-refractivity contribution in [1.82, 2.24) is 10.9 Å². The highest BCUT2D eigenvalue weighted by molar-refractivity contribution is 5.45. The molecule has 2 unspecified atom stereocenters. The van der Waals surface area contributed by atoms with Crippen LogP contribution in [0.15, 0.2) is 78.9 Å². The third-order valence-corrected chi connectivity index (χ3v) is 4.54. The van der Waals surface area contributed by atoms with E-state index in [1.54, 1.807) is 31.3 Å². The molecule has 6 N–H and O–H groups in total. The zero-order valence-electron chi connectivity index (χ0n) is 16.1. The van der Waals surface area contributed by atoms with Gasteiger partial charge in [-0.15, -0.1) is 0 Å². The van der Waals surface area contributed by atoms with Crippen molar-refractivity contribution in [3.63, 3.8) is 0 Å². The van der Waals surface area contributed by atoms with Crippen molar-refractivity contribution >= 4 is 0 Å². The van der Waals surface area contributed by atoms with Gasteiger partial charge in [0.05, 0.1) is 0 Å². The maximum atomic E-state index is 10.9. The lowest BCUT2D eigenvalue weighted by atomic mass is 9.90. The van der Waals surface area contributed by atoms with Gasteiger partial charge in [-0.2, -0.15) is 5.90 Å². The summed E-state index contributed by atoms with van der Waals surface area (Å²) in [6.07, 6.45) is 0.0583. The van der Waals surface area contributed by atoms with Crippen LogP contribution in [0.4, 0.5) is 0 Å². The Hall–Kier alpha value is -3.10. The Bertz CT molecular complexity index is 908. The number of rotatable bonds is 4. The van der Waals surface area contributed by atoms with Gasteiger partial charge in [0.25, 0.3) is 0 Å². The highest BCUT2D eigenvalue weighted by Gasteiger charge is 2.40. The molecule has 1 aliphatic rings. The minimum absolute atomic E-state index is 0.0897. The molecule has 29 heavy (non-hydrogen) atoms. The van der Waals surface area contributed by atoms with Gasteiger partial charge >= 0.3 is 0 Å². The summed E-state index contributed by atoms with van der Waals surface area (Å²) in [5.74, 6) is 6.18. The highest BCUT2D eigenvalue weighted by Crippen LogP contribution is 2.44. The Balaban J connectivity index is 0.000000252. The minimum atomic E-state index is -1.32. The summed E-state index contributed by atoms with van der Waals surface area (Å²) < 4.78 is 5.98. The second-order valence-corrected chi connectivity index (χ2v) is 6.57. The van der Waals surface area contributed by atoms with Gasteiger partial charge in [0.1, 0.15) is 23.4 Å². The first-order valence-corrected chi connectivity index (χ1v) is 9.19. The Morgan fingerprint density at radius 2 is 1.69 bits per heavy atom. The summed E-state index contributed by atoms with van der Waals surface area (Å²) in [7, 11) is 1.69. The first-order chi connectivity index (χ1) is 14.1. The fourth-order valence-electron chi connectivity index (χ4n) is 3.19. The summed E-state index contributed by atoms with van der Waals surface area (Å²) in [5.41, 5.74) is 5.82. The molecule has 1 heterocycles. The molecule has 2 atom stereocenters. The minimum Gasteiger partial charge on any atom is -0.508 e. The van der Waals surface area contributed by atoms with E-state index in [4.69, 9.17) is 10.6 Å². The summed E-state index contributed by atoms with van der Waals surface area (Å²) in [6.45, 7) is 0. The Morgan fingerprint density at radius 1 is 1.03 bits per heavy atom. The van der Waals surface area contributed by atoms with E-state index >= 15 is 0 Å². The topological polar surface area (TPSA) is 109 Å². The van der Waals surface area contributed by atoms with E-state index in [0.717, 1.165) is 5.56 Å². The van der Waals surface area contributed by atoms with E-state index < -0.39 is 5.72 Å². The Labute approximate surface area is 169 Å². The van der Waals surface area contributed by atoms with Crippen LogP contribution in [0.3, 0.4) is 0 Å². The quantitative estimate of drug-likeness (QED) is 0.341. The third kappa shape index (κ3) is 5.04. The molecule has 4 rings (SSSR count). The predicted molar refractivity (Wildman–Crippen MR) is 110 cm³/mol. The van der Waals surface area contributed by atoms with Gasteiger partial charge in [-0.05, 0) is 42.9 Å². The number of hydrogen-bond acceptors (Lipinski definition) is 7. The van der Waals surface area contributed by atoms with Crippen LogP contribution in [0.25, 0.3) is 0 Å². The summed E-state index contributed by atoms with van der Waals surface area (Å²) >= 11 is 0. The zero-order chi connectivity index (χ0) is 20.7. The van der Waals surface area contributed by atoms with Gasteiger partial charge in [-0.25, -0.2) is 5.43 Å². The third-order valence-electron chi connectivity index (χ3n) is 4.54. The van der Waals surface area contributed by atoms with E-state index in [-0.39, 0.29) is 11.9 Å². The number of phenolic OH excluding ortho intramolecular Hbond substituents is 1. The first kappa shape index (κ1) is 20.6. The summed E-state index contributed by atoms with van der Waals surface area (Å²) in [5, 5.41) is 20.6. The highest BCUT2D eigenvalue weighted by atomic mass is 16.6. The van der Waals surface area contributed by atoms with Crippen LogP contribution >= 0.6 is 0 Å². The smallest absolute Gasteiger partial charge is 0.161 e. The van der Waals surface area contributed by atoms with Crippen molar-refractivity contribution in [2.75, 3.05) is 7.05 Å². The normalized spacial score (nSPS) is 19.9. The SMILES string of the molecule is CNNC1(O)CC(c2ccccc2)Oc2ccc(O)cc21.NOc1ccccc1. The molecule has 0 fully saturated rings. The molecular formula is C22H25N3O4. The number of benzene rings is 3. The monoisotopic (exact) mass is 395 g/mol. The fourth-order valence-corrected chi connectivity index (χ4v) is 3.19. The van der Waals surface area contributed by atoms with Gasteiger partial charge in [-0.3, -0.25) is 5.43 Å². The number of ether oxygens (including phenoxy) is 1. The van der Waals surface area contributed by atoms with Crippen molar-refractivity contribution in [3.05, 3.63) is 90.0 Å². The summed E-state index contributed by atoms with van der Waals surface area (Å²) in [4.78, 5) is 4.41. The molecule has 0 saturated heterocycles. The lowest BCUT2D eigenvalue weighted by molar-refractivity contribution is -0.0675. The summed E-state index contributed by atoms with van der Waals surface area (Å²) in [6, 6.07) is 23.7. The molecule has 0 radical (unpaired) electrons. The molecular weight excluding hydrogens is 370 g/mol. The van der Waals surface area contributed by atoms with E-state index in [9.17, 15) is 10.2 Å². The Kier molecular flexibility index (Phi) is 6.69. The van der Waals surface area contributed by atoms with Gasteiger partial charge < -0.3 is 19.8 Å². The number of hydrazine groups is 1. The molecule has 0 bridgehead atoms. The maximum absolute atomic E-state index is 10.9. The lowest BCUT2D eigenvalue weighted by Gasteiger charge is -2.39. The average molecular weight is 395 g/mol. The van der Waals surface area contributed by atoms with E-state index in [2.05, 4.69) is 15.7 Å². The lowest BCUT2D eigenvalue weighted by Crippen LogP contribution is -2.51. The van der Waals surface area contributed by atoms with Crippen LogP contribution in [0.5, 0.6) is 17.2 Å². The molecule has 1 aliphatic heterocycles. The van der Waals surface area contributed by atoms with E-state index in [0.29, 0.717) is 23.5 Å². The molecule has 0 aliphatic carbocycles. The van der Waals surface area contributed by atoms with Crippen LogP contribution in [0, 0.1) is 0 Å². The van der Waals surface area contributed by atoms with Crippen LogP contribution in [-0.2, 0) is 5.72 Å². The van der Waals surface area contributed by atoms with Gasteiger partial charge in [0.2, 0.25) is 0 Å². The number of para-hydroxylation sites is 1. The number of aliphatic hydroxyl groups is 1. The first-order valence-electron chi connectivity index (χ1n) is 9.19. The van der Waals surface area contributed by atoms with Crippen LogP contribution in [0.2, 0.25) is 0 Å². The molecule has 0 spiro atoms. The van der Waals surface area contributed by atoms with E-state index in [1.807, 2.05) is 48.5 Å². The van der Waals surface area contributed by atoms with Crippen molar-refractivity contribution in [2.45, 2.75) is 18.2 Å². The molecule has 0 aromatic heterocycles. The van der Waals surface area contributed by atoms with Crippen LogP contribution in [-0.4, -0.2) is 17.3 Å². The number of nitrogens with one attached hydrogen (secondary N) is 2. The average Bonchev–Trinajstić information content (AvgIpc) is 2.76. The number of aromatic hydroxyl groups is 1. The number of phenols is 1. The van der Waals surface area contributed by atoms with E-state index in [1.165, 1.54) is 6.07 Å². The second kappa shape index (κ2) is 9.40. The fraction of sp³-hybridized carbons (Fsp3) is 0.182. The largest absolute Gasteiger partial charge is 0.508 e. The van der Waals surface area contributed by atoms with Gasteiger partial charge in [0.15, 0.2) is 5.72 Å². The molecule has 0 amide bonds. The van der Waals surface area contributed by atoms with Gasteiger partial charge in [-0.1, -0.05) is 48.5 Å². The zero-order valence-corrected chi connectivity index (χ0v) is 16.1. The van der Waals surface area contributed by atoms with Crippen LogP contribution < -0.4 is 26.3 Å². The number of hydrogen-bond donors (Lipinski definition) is 5. The van der Waals surface area contributed by atoms with Gasteiger partial charge in [0, 0.05) is 12.0 Å².